The van der Waals surface area contributed by atoms with Crippen LogP contribution in [0.1, 0.15) is 0 Å². The number of fused-ring (bicyclic) bond motifs is 1. The number of hydrazine groups is 1. The molecule has 0 aromatic heterocycles. The van der Waals surface area contributed by atoms with E-state index in [9.17, 15) is 4.79 Å². The summed E-state index contributed by atoms with van der Waals surface area (Å²) in [5.74, 6) is 0.0900. The van der Waals surface area contributed by atoms with Crippen LogP contribution in [-0.2, 0) is 4.79 Å². The Kier molecular flexibility index (Phi) is 1.14. The summed E-state index contributed by atoms with van der Waals surface area (Å²) in [7, 11) is 0. The molecule has 1 amide bonds. The smallest absolute Gasteiger partial charge is 0.248 e. The molecule has 0 saturated carbocycles. The van der Waals surface area contributed by atoms with Gasteiger partial charge in [-0.05, 0) is 6.08 Å². The normalized spacial score (nSPS) is 30.2. The predicted molar refractivity (Wildman–Crippen MR) is 35.7 cm³/mol. The van der Waals surface area contributed by atoms with Crippen molar-refractivity contribution in [2.45, 2.75) is 0 Å². The third-order valence-electron chi connectivity index (χ3n) is 1.84. The molecule has 0 aromatic rings. The molecule has 1 saturated heterocycles. The van der Waals surface area contributed by atoms with Crippen molar-refractivity contribution in [3.05, 3.63) is 11.8 Å². The van der Waals surface area contributed by atoms with E-state index in [0.717, 1.165) is 18.8 Å². The zero-order valence-electron chi connectivity index (χ0n) is 5.48. The van der Waals surface area contributed by atoms with Gasteiger partial charge in [0.05, 0.1) is 5.92 Å². The summed E-state index contributed by atoms with van der Waals surface area (Å²) >= 11 is 0. The molecule has 1 fully saturated rings. The van der Waals surface area contributed by atoms with Gasteiger partial charge in [0, 0.05) is 18.8 Å². The monoisotopic (exact) mass is 139 g/mol. The van der Waals surface area contributed by atoms with E-state index in [2.05, 4.69) is 16.2 Å². The summed E-state index contributed by atoms with van der Waals surface area (Å²) in [4.78, 5) is 11.0. The Balaban J connectivity index is 2.25. The van der Waals surface area contributed by atoms with Gasteiger partial charge in [-0.25, -0.2) is 0 Å². The van der Waals surface area contributed by atoms with Crippen LogP contribution in [0.2, 0.25) is 0 Å². The zero-order valence-corrected chi connectivity index (χ0v) is 5.48. The van der Waals surface area contributed by atoms with E-state index >= 15 is 0 Å². The highest BCUT2D eigenvalue weighted by atomic mass is 16.2. The summed E-state index contributed by atoms with van der Waals surface area (Å²) in [5, 5.41) is 3.11. The van der Waals surface area contributed by atoms with Gasteiger partial charge < -0.3 is 10.7 Å². The molecule has 10 heavy (non-hydrogen) atoms. The third kappa shape index (κ3) is 0.690. The molecular formula is C6H9N3O. The van der Waals surface area contributed by atoms with Crippen molar-refractivity contribution in [2.24, 2.45) is 5.92 Å². The maximum absolute atomic E-state index is 11.0. The number of nitrogens with one attached hydrogen (secondary N) is 3. The lowest BCUT2D eigenvalue weighted by Gasteiger charge is -2.13. The van der Waals surface area contributed by atoms with Crippen molar-refractivity contribution in [1.29, 1.82) is 0 Å². The topological polar surface area (TPSA) is 53.2 Å². The second-order valence-corrected chi connectivity index (χ2v) is 2.48. The van der Waals surface area contributed by atoms with Crippen molar-refractivity contribution in [2.75, 3.05) is 13.1 Å². The molecule has 2 rings (SSSR count). The van der Waals surface area contributed by atoms with Gasteiger partial charge in [0.15, 0.2) is 0 Å². The fourth-order valence-electron chi connectivity index (χ4n) is 1.25. The number of hydrogen-bond acceptors (Lipinski definition) is 3. The lowest BCUT2D eigenvalue weighted by molar-refractivity contribution is -0.122. The second-order valence-electron chi connectivity index (χ2n) is 2.48. The van der Waals surface area contributed by atoms with Gasteiger partial charge in [-0.2, -0.15) is 0 Å². The first-order valence-corrected chi connectivity index (χ1v) is 3.34. The number of carbonyl (C=O) groups is 1. The van der Waals surface area contributed by atoms with Crippen LogP contribution in [0.25, 0.3) is 0 Å². The van der Waals surface area contributed by atoms with Crippen LogP contribution >= 0.6 is 0 Å². The molecule has 0 aromatic carbocycles. The molecule has 4 nitrogen and oxygen atoms in total. The number of amides is 1. The second kappa shape index (κ2) is 1.98. The first-order valence-electron chi connectivity index (χ1n) is 3.34. The van der Waals surface area contributed by atoms with Crippen LogP contribution in [0.3, 0.4) is 0 Å². The molecule has 1 unspecified atom stereocenters. The molecule has 0 bridgehead atoms. The average molecular weight is 139 g/mol. The lowest BCUT2D eigenvalue weighted by Crippen LogP contribution is -2.32. The van der Waals surface area contributed by atoms with Crippen LogP contribution in [0.5, 0.6) is 0 Å². The maximum atomic E-state index is 11.0. The molecule has 1 atom stereocenters. The quantitative estimate of drug-likeness (QED) is 0.392. The van der Waals surface area contributed by atoms with E-state index in [4.69, 9.17) is 0 Å². The minimum atomic E-state index is 0.0220. The molecule has 54 valence electrons. The molecule has 2 aliphatic rings. The molecule has 4 heteroatoms. The standard InChI is InChI=1S/C6H9N3O/c10-6-4-3-7-2-1-5(4)8-9-6/h1,4,7-8H,2-3H2,(H,9,10). The Bertz CT molecular complexity index is 199. The zero-order chi connectivity index (χ0) is 6.97. The van der Waals surface area contributed by atoms with E-state index in [1.165, 1.54) is 0 Å². The Morgan fingerprint density at radius 2 is 2.40 bits per heavy atom. The van der Waals surface area contributed by atoms with Gasteiger partial charge >= 0.3 is 0 Å². The summed E-state index contributed by atoms with van der Waals surface area (Å²) in [5.41, 5.74) is 6.41. The highest BCUT2D eigenvalue weighted by Gasteiger charge is 2.30. The van der Waals surface area contributed by atoms with E-state index in [1.807, 2.05) is 6.08 Å². The van der Waals surface area contributed by atoms with Crippen molar-refractivity contribution >= 4 is 5.91 Å². The summed E-state index contributed by atoms with van der Waals surface area (Å²) in [6, 6.07) is 0. The van der Waals surface area contributed by atoms with Gasteiger partial charge in [0.2, 0.25) is 5.91 Å². The van der Waals surface area contributed by atoms with E-state index in [0.29, 0.717) is 0 Å². The number of rotatable bonds is 0. The Morgan fingerprint density at radius 1 is 1.50 bits per heavy atom. The van der Waals surface area contributed by atoms with Crippen LogP contribution in [0, 0.1) is 5.92 Å². The highest BCUT2D eigenvalue weighted by Crippen LogP contribution is 2.13. The fraction of sp³-hybridized carbons (Fsp3) is 0.500. The SMILES string of the molecule is O=C1NNC2=CCNCC12. The van der Waals surface area contributed by atoms with Crippen LogP contribution in [-0.4, -0.2) is 19.0 Å². The maximum Gasteiger partial charge on any atom is 0.248 e. The molecule has 0 spiro atoms. The summed E-state index contributed by atoms with van der Waals surface area (Å²) in [6.45, 7) is 1.61. The average Bonchev–Trinajstić information content (AvgIpc) is 2.34. The van der Waals surface area contributed by atoms with Gasteiger partial charge in [-0.3, -0.25) is 10.2 Å². The lowest BCUT2D eigenvalue weighted by atomic mass is 10.0. The summed E-state index contributed by atoms with van der Waals surface area (Å²) < 4.78 is 0. The molecular weight excluding hydrogens is 130 g/mol. The molecule has 2 aliphatic heterocycles. The Labute approximate surface area is 58.6 Å². The highest BCUT2D eigenvalue weighted by molar-refractivity contribution is 5.84. The van der Waals surface area contributed by atoms with Gasteiger partial charge in [0.1, 0.15) is 0 Å². The van der Waals surface area contributed by atoms with Gasteiger partial charge in [-0.1, -0.05) is 0 Å². The van der Waals surface area contributed by atoms with Gasteiger partial charge in [0.25, 0.3) is 0 Å². The Morgan fingerprint density at radius 3 is 3.20 bits per heavy atom. The number of hydrogen-bond donors (Lipinski definition) is 3. The molecule has 0 aliphatic carbocycles. The van der Waals surface area contributed by atoms with E-state index in [1.54, 1.807) is 0 Å². The minimum Gasteiger partial charge on any atom is -0.312 e. The van der Waals surface area contributed by atoms with Crippen molar-refractivity contribution < 1.29 is 4.79 Å². The van der Waals surface area contributed by atoms with Crippen LogP contribution in [0.15, 0.2) is 11.8 Å². The van der Waals surface area contributed by atoms with Crippen molar-refractivity contribution in [3.63, 3.8) is 0 Å². The van der Waals surface area contributed by atoms with Crippen LogP contribution < -0.4 is 16.2 Å². The van der Waals surface area contributed by atoms with Gasteiger partial charge in [-0.15, -0.1) is 0 Å². The van der Waals surface area contributed by atoms with Crippen LogP contribution in [0.4, 0.5) is 0 Å². The largest absolute Gasteiger partial charge is 0.312 e. The van der Waals surface area contributed by atoms with E-state index < -0.39 is 0 Å². The first kappa shape index (κ1) is 5.73. The van der Waals surface area contributed by atoms with E-state index in [-0.39, 0.29) is 11.8 Å². The first-order chi connectivity index (χ1) is 4.88. The van der Waals surface area contributed by atoms with Crippen molar-refractivity contribution in [1.82, 2.24) is 16.2 Å². The molecule has 2 heterocycles. The summed E-state index contributed by atoms with van der Waals surface area (Å²) in [6.07, 6.45) is 1.99. The number of carbonyl (C=O) groups excluding carboxylic acids is 1. The minimum absolute atomic E-state index is 0.0220. The predicted octanol–water partition coefficient (Wildman–Crippen LogP) is -1.28. The molecule has 3 N–H and O–H groups in total. The third-order valence-corrected chi connectivity index (χ3v) is 1.84. The fourth-order valence-corrected chi connectivity index (χ4v) is 1.25. The van der Waals surface area contributed by atoms with Crippen molar-refractivity contribution in [3.8, 4) is 0 Å². The molecule has 0 radical (unpaired) electrons. The Hall–Kier alpha value is -1.03.